The summed E-state index contributed by atoms with van der Waals surface area (Å²) >= 11 is 1.35. The molecule has 3 N–H and O–H groups in total. The lowest BCUT2D eigenvalue weighted by Gasteiger charge is -2.37. The largest absolute Gasteiger partial charge is 0.465 e. The molecule has 3 atom stereocenters. The van der Waals surface area contributed by atoms with Crippen LogP contribution in [0.1, 0.15) is 83.2 Å². The number of aromatic nitrogens is 3. The van der Waals surface area contributed by atoms with E-state index in [1.54, 1.807) is 25.3 Å². The zero-order chi connectivity index (χ0) is 44.7. The monoisotopic (exact) mass is 875 g/mol. The van der Waals surface area contributed by atoms with Crippen molar-refractivity contribution in [2.75, 3.05) is 53.5 Å². The van der Waals surface area contributed by atoms with Crippen molar-refractivity contribution in [2.24, 2.45) is 11.3 Å². The number of thiazole rings is 1. The van der Waals surface area contributed by atoms with Gasteiger partial charge in [-0.15, -0.1) is 15.8 Å². The number of rotatable bonds is 9. The number of nitrogens with one attached hydrogen (secondary N) is 3. The van der Waals surface area contributed by atoms with Crippen LogP contribution in [-0.4, -0.2) is 119 Å². The zero-order valence-electron chi connectivity index (χ0n) is 37.3. The van der Waals surface area contributed by atoms with Crippen LogP contribution in [-0.2, 0) is 43.2 Å². The highest BCUT2D eigenvalue weighted by Crippen LogP contribution is 2.42. The number of urea groups is 1. The van der Waals surface area contributed by atoms with Gasteiger partial charge in [0.15, 0.2) is 0 Å². The molecule has 0 spiro atoms. The number of hydrogen-bond acceptors (Lipinski definition) is 11. The summed E-state index contributed by atoms with van der Waals surface area (Å²) < 4.78 is 28.4. The van der Waals surface area contributed by atoms with E-state index in [0.717, 1.165) is 44.0 Å². The highest BCUT2D eigenvalue weighted by atomic mass is 32.1. The van der Waals surface area contributed by atoms with E-state index in [1.807, 2.05) is 38.3 Å². The summed E-state index contributed by atoms with van der Waals surface area (Å²) in [4.78, 5) is 67.9. The molecule has 1 unspecified atom stereocenters. The van der Waals surface area contributed by atoms with Gasteiger partial charge in [-0.25, -0.2) is 14.8 Å². The van der Waals surface area contributed by atoms with Crippen LogP contribution < -0.4 is 16.3 Å². The van der Waals surface area contributed by atoms with Gasteiger partial charge in [-0.05, 0) is 68.9 Å². The van der Waals surface area contributed by atoms with E-state index in [-0.39, 0.29) is 56.4 Å². The van der Waals surface area contributed by atoms with Gasteiger partial charge in [0.25, 0.3) is 5.91 Å². The molecule has 3 aromatic heterocycles. The number of carbonyl (C=O) groups excluding carboxylic acids is 4. The first-order valence-electron chi connectivity index (χ1n) is 21.6. The second-order valence-electron chi connectivity index (χ2n) is 17.4. The third-order valence-electron chi connectivity index (χ3n) is 11.8. The Morgan fingerprint density at radius 3 is 2.58 bits per heavy atom. The van der Waals surface area contributed by atoms with E-state index in [4.69, 9.17) is 19.4 Å². The number of benzene rings is 1. The van der Waals surface area contributed by atoms with E-state index in [1.165, 1.54) is 21.9 Å². The predicted octanol–water partition coefficient (Wildman–Crippen LogP) is 6.08. The van der Waals surface area contributed by atoms with Crippen molar-refractivity contribution in [3.8, 4) is 22.5 Å². The van der Waals surface area contributed by atoms with Crippen LogP contribution in [0.15, 0.2) is 41.9 Å². The fraction of sp³-hybridized carbons (Fsp3) is 0.556. The van der Waals surface area contributed by atoms with Crippen molar-refractivity contribution in [3.63, 3.8) is 0 Å². The van der Waals surface area contributed by atoms with Crippen LogP contribution in [0.2, 0.25) is 0 Å². The molecule has 6 rings (SSSR count). The SMILES string of the molecule is CCn1c(-c2cccnc2[C@H](C)OC)c2c3cc(ccc31)-c1csc(n1)C[C@H](NC(=O)C(C(C)C)N(C)C(=O)N1CCNCC1)C(=O)N(NF)CCCCC(=O)OCC(C)(C)C2. The third-order valence-corrected chi connectivity index (χ3v) is 12.7. The number of carbonyl (C=O) groups is 4. The normalized spacial score (nSPS) is 19.0. The molecule has 17 heteroatoms. The Kier molecular flexibility index (Phi) is 15.4. The van der Waals surface area contributed by atoms with Crippen LogP contribution in [0, 0.1) is 11.3 Å². The summed E-state index contributed by atoms with van der Waals surface area (Å²) in [6.45, 7) is 15.0. The Hall–Kier alpha value is -4.97. The van der Waals surface area contributed by atoms with Crippen molar-refractivity contribution in [3.05, 3.63) is 58.2 Å². The van der Waals surface area contributed by atoms with Gasteiger partial charge in [0.1, 0.15) is 12.1 Å². The van der Waals surface area contributed by atoms with Gasteiger partial charge in [-0.3, -0.25) is 19.4 Å². The molecule has 1 fully saturated rings. The molecule has 0 saturated carbocycles. The molecule has 0 radical (unpaired) electrons. The van der Waals surface area contributed by atoms with Crippen molar-refractivity contribution in [1.82, 2.24) is 45.6 Å². The van der Waals surface area contributed by atoms with Crippen molar-refractivity contribution in [1.29, 1.82) is 0 Å². The minimum absolute atomic E-state index is 0.0282. The molecule has 15 nitrogen and oxygen atoms in total. The third kappa shape index (κ3) is 10.4. The second kappa shape index (κ2) is 20.5. The minimum Gasteiger partial charge on any atom is -0.465 e. The number of likely N-dealkylation sites (N-methyl/N-ethyl adjacent to an activating group) is 1. The van der Waals surface area contributed by atoms with E-state index < -0.39 is 29.3 Å². The number of esters is 1. The predicted molar refractivity (Wildman–Crippen MR) is 237 cm³/mol. The maximum absolute atomic E-state index is 14.5. The lowest BCUT2D eigenvalue weighted by molar-refractivity contribution is -0.147. The Labute approximate surface area is 367 Å². The highest BCUT2D eigenvalue weighted by Gasteiger charge is 2.37. The van der Waals surface area contributed by atoms with Crippen molar-refractivity contribution >= 4 is 46.1 Å². The average Bonchev–Trinajstić information content (AvgIpc) is 3.86. The number of halogens is 1. The summed E-state index contributed by atoms with van der Waals surface area (Å²) in [5.74, 6) is -1.95. The maximum atomic E-state index is 14.5. The van der Waals surface area contributed by atoms with Gasteiger partial charge < -0.3 is 34.5 Å². The summed E-state index contributed by atoms with van der Waals surface area (Å²) in [5, 5.41) is 10.4. The molecule has 1 aromatic carbocycles. The molecule has 4 amide bonds. The van der Waals surface area contributed by atoms with E-state index in [2.05, 4.69) is 54.2 Å². The topological polar surface area (TPSA) is 163 Å². The van der Waals surface area contributed by atoms with Gasteiger partial charge in [-0.2, -0.15) is 0 Å². The number of hydrazine groups is 1. The number of amides is 4. The lowest BCUT2D eigenvalue weighted by Crippen LogP contribution is -2.60. The Morgan fingerprint density at radius 2 is 1.89 bits per heavy atom. The highest BCUT2D eigenvalue weighted by molar-refractivity contribution is 7.10. The number of ether oxygens (including phenoxy) is 2. The molecule has 5 heterocycles. The Morgan fingerprint density at radius 1 is 1.13 bits per heavy atom. The van der Waals surface area contributed by atoms with Gasteiger partial charge >= 0.3 is 12.0 Å². The average molecular weight is 876 g/mol. The number of cyclic esters (lactones) is 1. The van der Waals surface area contributed by atoms with Crippen LogP contribution >= 0.6 is 11.3 Å². The molecule has 1 saturated heterocycles. The number of methoxy groups -OCH3 is 1. The molecular weight excluding hydrogens is 814 g/mol. The number of hydrogen-bond donors (Lipinski definition) is 3. The summed E-state index contributed by atoms with van der Waals surface area (Å²) in [5.41, 5.74) is 7.48. The summed E-state index contributed by atoms with van der Waals surface area (Å²) in [6.07, 6.45) is 2.76. The van der Waals surface area contributed by atoms with Gasteiger partial charge in [0.2, 0.25) is 5.91 Å². The van der Waals surface area contributed by atoms with Crippen LogP contribution in [0.3, 0.4) is 0 Å². The number of piperazine rings is 1. The fourth-order valence-electron chi connectivity index (χ4n) is 8.54. The first kappa shape index (κ1) is 46.5. The van der Waals surface area contributed by atoms with Gasteiger partial charge in [0.05, 0.1) is 34.8 Å². The van der Waals surface area contributed by atoms with Crippen LogP contribution in [0.5, 0.6) is 0 Å². The number of aryl methyl sites for hydroxylation is 1. The second-order valence-corrected chi connectivity index (χ2v) is 18.3. The van der Waals surface area contributed by atoms with Crippen LogP contribution in [0.4, 0.5) is 9.28 Å². The standard InChI is InChI=1S/C45H62FN9O6S/c1-9-54-36-16-15-30-23-32(36)33(41(54)31-13-12-17-48-39(31)29(4)60-8)25-45(5,6)27-61-38(56)14-10-11-20-55(51-46)43(58)34(24-37-49-35(30)26-62-37)50-42(57)40(28(2)3)52(7)44(59)53-21-18-47-19-22-53/h12-13,15-17,23,26,28-29,34,40,47,51H,9-11,14,18-22,24-25,27H2,1-8H3,(H,50,57)/t29-,34-,40?/m0/s1. The molecule has 2 aliphatic heterocycles. The maximum Gasteiger partial charge on any atom is 0.320 e. The lowest BCUT2D eigenvalue weighted by atomic mass is 9.84. The van der Waals surface area contributed by atoms with Crippen molar-refractivity contribution in [2.45, 2.75) is 98.4 Å². The van der Waals surface area contributed by atoms with E-state index in [0.29, 0.717) is 56.3 Å². The molecule has 4 bridgehead atoms. The molecular formula is C45H62FN9O6S. The first-order valence-corrected chi connectivity index (χ1v) is 22.5. The molecule has 2 aliphatic rings. The van der Waals surface area contributed by atoms with E-state index >= 15 is 0 Å². The fourth-order valence-corrected chi connectivity index (χ4v) is 9.39. The van der Waals surface area contributed by atoms with Crippen molar-refractivity contribution < 1.29 is 33.1 Å². The first-order chi connectivity index (χ1) is 29.7. The quantitative estimate of drug-likeness (QED) is 0.133. The summed E-state index contributed by atoms with van der Waals surface area (Å²) in [7, 11) is 3.27. The molecule has 4 aromatic rings. The van der Waals surface area contributed by atoms with Gasteiger partial charge in [-0.1, -0.05) is 39.4 Å². The number of pyridine rings is 1. The molecule has 62 heavy (non-hydrogen) atoms. The van der Waals surface area contributed by atoms with Crippen LogP contribution in [0.25, 0.3) is 33.4 Å². The molecule has 336 valence electrons. The smallest absolute Gasteiger partial charge is 0.320 e. The Balaban J connectivity index is 1.41. The van der Waals surface area contributed by atoms with E-state index in [9.17, 15) is 23.7 Å². The minimum atomic E-state index is -1.23. The Bertz CT molecular complexity index is 2220. The zero-order valence-corrected chi connectivity index (χ0v) is 38.1. The van der Waals surface area contributed by atoms with Gasteiger partial charge in [0, 0.05) is 105 Å². The number of nitrogens with zero attached hydrogens (tertiary/aromatic N) is 6. The number of fused-ring (bicyclic) bond motifs is 4. The summed E-state index contributed by atoms with van der Waals surface area (Å²) in [6, 6.07) is 7.84. The molecule has 0 aliphatic carbocycles.